The van der Waals surface area contributed by atoms with Crippen molar-refractivity contribution in [2.45, 2.75) is 89.4 Å². The fraction of sp³-hybridized carbons (Fsp3) is 0.680. The Hall–Kier alpha value is -2.08. The lowest BCUT2D eigenvalue weighted by Gasteiger charge is -2.28. The van der Waals surface area contributed by atoms with Crippen molar-refractivity contribution in [3.05, 3.63) is 35.9 Å². The molecule has 0 radical (unpaired) electrons. The number of nitrogens with one attached hydrogen (secondary N) is 1. The van der Waals surface area contributed by atoms with Gasteiger partial charge in [-0.25, -0.2) is 4.79 Å². The topological polar surface area (TPSA) is 84.9 Å². The van der Waals surface area contributed by atoms with Crippen LogP contribution >= 0.6 is 0 Å². The Bertz CT molecular complexity index is 680. The number of carbonyl (C=O) groups excluding carboxylic acids is 1. The van der Waals surface area contributed by atoms with Crippen molar-refractivity contribution in [2.24, 2.45) is 11.8 Å². The van der Waals surface area contributed by atoms with Crippen LogP contribution in [-0.4, -0.2) is 36.0 Å². The molecule has 0 spiro atoms. The monoisotopic (exact) mass is 431 g/mol. The van der Waals surface area contributed by atoms with E-state index in [1.807, 2.05) is 30.3 Å². The van der Waals surface area contributed by atoms with Gasteiger partial charge in [0.15, 0.2) is 0 Å². The highest BCUT2D eigenvalue weighted by Gasteiger charge is 2.47. The molecular formula is C25H37NO5. The van der Waals surface area contributed by atoms with E-state index in [0.717, 1.165) is 50.5 Å². The van der Waals surface area contributed by atoms with Gasteiger partial charge in [0.1, 0.15) is 0 Å². The van der Waals surface area contributed by atoms with Crippen molar-refractivity contribution in [3.63, 3.8) is 0 Å². The van der Waals surface area contributed by atoms with Crippen LogP contribution in [0.3, 0.4) is 0 Å². The highest BCUT2D eigenvalue weighted by atomic mass is 16.5. The van der Waals surface area contributed by atoms with Crippen LogP contribution in [0.2, 0.25) is 0 Å². The largest absolute Gasteiger partial charge is 0.481 e. The number of fused-ring (bicyclic) bond motifs is 2. The zero-order chi connectivity index (χ0) is 21.9. The molecule has 0 aliphatic carbocycles. The molecule has 6 nitrogen and oxygen atoms in total. The number of alkyl carbamates (subject to hydrolysis) is 1. The number of hydrogen-bond acceptors (Lipinski definition) is 4. The predicted molar refractivity (Wildman–Crippen MR) is 119 cm³/mol. The van der Waals surface area contributed by atoms with E-state index < -0.39 is 5.97 Å². The third-order valence-corrected chi connectivity index (χ3v) is 6.71. The maximum Gasteiger partial charge on any atom is 0.407 e. The van der Waals surface area contributed by atoms with Crippen LogP contribution in [0, 0.1) is 11.8 Å². The van der Waals surface area contributed by atoms with E-state index in [1.54, 1.807) is 0 Å². The van der Waals surface area contributed by atoms with Gasteiger partial charge >= 0.3 is 12.1 Å². The minimum atomic E-state index is -0.695. The van der Waals surface area contributed by atoms with Crippen molar-refractivity contribution in [2.75, 3.05) is 6.61 Å². The number of rotatable bonds is 14. The molecule has 2 N–H and O–H groups in total. The third kappa shape index (κ3) is 7.84. The normalized spacial score (nSPS) is 24.3. The van der Waals surface area contributed by atoms with Gasteiger partial charge in [-0.1, -0.05) is 49.6 Å². The summed E-state index contributed by atoms with van der Waals surface area (Å²) in [5, 5.41) is 11.5. The van der Waals surface area contributed by atoms with Crippen LogP contribution in [0.25, 0.3) is 0 Å². The Kier molecular flexibility index (Phi) is 9.66. The van der Waals surface area contributed by atoms with Gasteiger partial charge < -0.3 is 19.9 Å². The first-order valence-electron chi connectivity index (χ1n) is 12.0. The van der Waals surface area contributed by atoms with Gasteiger partial charge in [-0.2, -0.15) is 0 Å². The Balaban J connectivity index is 1.26. The summed E-state index contributed by atoms with van der Waals surface area (Å²) >= 11 is 0. The minimum absolute atomic E-state index is 0.284. The van der Waals surface area contributed by atoms with Crippen LogP contribution in [0.5, 0.6) is 0 Å². The lowest BCUT2D eigenvalue weighted by atomic mass is 9.74. The van der Waals surface area contributed by atoms with Crippen LogP contribution in [0.1, 0.15) is 76.2 Å². The highest BCUT2D eigenvalue weighted by molar-refractivity contribution is 5.67. The highest BCUT2D eigenvalue weighted by Crippen LogP contribution is 2.47. The molecule has 1 aromatic carbocycles. The molecule has 3 rings (SSSR count). The van der Waals surface area contributed by atoms with Gasteiger partial charge in [0.25, 0.3) is 0 Å². The van der Waals surface area contributed by atoms with Gasteiger partial charge in [0.2, 0.25) is 0 Å². The molecule has 0 unspecified atom stereocenters. The number of carbonyl (C=O) groups is 2. The standard InChI is InChI=1S/C25H37NO5/c27-24(28)14-7-2-1-6-12-20-21(23-16-15-22(20)31-23)13-8-9-17-30-25(29)26-18-19-10-4-3-5-11-19/h3-5,10-11,20-23H,1-2,6-9,12-18H2,(H,26,29)(H,27,28)/t20-,21-,22+,23-/m0/s1. The molecule has 2 aliphatic rings. The molecule has 2 heterocycles. The van der Waals surface area contributed by atoms with E-state index in [0.29, 0.717) is 37.2 Å². The molecule has 2 fully saturated rings. The minimum Gasteiger partial charge on any atom is -0.481 e. The molecule has 6 heteroatoms. The first-order valence-corrected chi connectivity index (χ1v) is 12.0. The fourth-order valence-electron chi connectivity index (χ4n) is 5.15. The van der Waals surface area contributed by atoms with E-state index in [2.05, 4.69) is 5.32 Å². The van der Waals surface area contributed by atoms with E-state index in [4.69, 9.17) is 14.6 Å². The second-order valence-electron chi connectivity index (χ2n) is 8.94. The summed E-state index contributed by atoms with van der Waals surface area (Å²) in [6.45, 7) is 0.941. The number of benzene rings is 1. The van der Waals surface area contributed by atoms with Crippen molar-refractivity contribution < 1.29 is 24.2 Å². The summed E-state index contributed by atoms with van der Waals surface area (Å²) in [7, 11) is 0. The lowest BCUT2D eigenvalue weighted by Crippen LogP contribution is -2.27. The number of amides is 1. The van der Waals surface area contributed by atoms with Gasteiger partial charge in [-0.15, -0.1) is 0 Å². The maximum absolute atomic E-state index is 11.8. The molecule has 172 valence electrons. The van der Waals surface area contributed by atoms with Crippen molar-refractivity contribution in [1.82, 2.24) is 5.32 Å². The van der Waals surface area contributed by atoms with Gasteiger partial charge in [-0.05, 0) is 62.3 Å². The van der Waals surface area contributed by atoms with Crippen molar-refractivity contribution in [3.8, 4) is 0 Å². The molecule has 0 saturated carbocycles. The van der Waals surface area contributed by atoms with Crippen molar-refractivity contribution >= 4 is 12.1 Å². The number of carboxylic acid groups (broad SMARTS) is 1. The second kappa shape index (κ2) is 12.7. The van der Waals surface area contributed by atoms with Crippen LogP contribution in [-0.2, 0) is 20.8 Å². The maximum atomic E-state index is 11.8. The van der Waals surface area contributed by atoms with E-state index in [-0.39, 0.29) is 12.5 Å². The van der Waals surface area contributed by atoms with Crippen molar-refractivity contribution in [1.29, 1.82) is 0 Å². The van der Waals surface area contributed by atoms with Crippen LogP contribution in [0.4, 0.5) is 4.79 Å². The molecule has 2 aliphatic heterocycles. The molecule has 2 bridgehead atoms. The molecule has 0 aromatic heterocycles. The SMILES string of the molecule is O=C(O)CCCCCC[C@H]1[C@H](CCCCOC(=O)NCc2ccccc2)[C@@H]2CC[C@H]1O2. The molecule has 31 heavy (non-hydrogen) atoms. The fourth-order valence-corrected chi connectivity index (χ4v) is 5.15. The zero-order valence-corrected chi connectivity index (χ0v) is 18.5. The molecular weight excluding hydrogens is 394 g/mol. The number of hydrogen-bond donors (Lipinski definition) is 2. The number of unbranched alkanes of at least 4 members (excludes halogenated alkanes) is 4. The lowest BCUT2D eigenvalue weighted by molar-refractivity contribution is -0.137. The smallest absolute Gasteiger partial charge is 0.407 e. The summed E-state index contributed by atoms with van der Waals surface area (Å²) < 4.78 is 11.5. The molecule has 2 saturated heterocycles. The summed E-state index contributed by atoms with van der Waals surface area (Å²) in [6, 6.07) is 9.81. The van der Waals surface area contributed by atoms with Crippen LogP contribution < -0.4 is 5.32 Å². The number of carboxylic acids is 1. The summed E-state index contributed by atoms with van der Waals surface area (Å²) in [5.74, 6) is 0.581. The number of ether oxygens (including phenoxy) is 2. The Labute approximate surface area is 185 Å². The first kappa shape index (κ1) is 23.6. The molecule has 1 aromatic rings. The Morgan fingerprint density at radius 2 is 1.58 bits per heavy atom. The summed E-state index contributed by atoms with van der Waals surface area (Å²) in [5.41, 5.74) is 1.06. The van der Waals surface area contributed by atoms with E-state index in [9.17, 15) is 9.59 Å². The number of aliphatic carboxylic acids is 1. The first-order chi connectivity index (χ1) is 15.1. The summed E-state index contributed by atoms with van der Waals surface area (Å²) in [4.78, 5) is 22.4. The summed E-state index contributed by atoms with van der Waals surface area (Å²) in [6.07, 6.45) is 11.5. The predicted octanol–water partition coefficient (Wildman–Crippen LogP) is 5.30. The third-order valence-electron chi connectivity index (χ3n) is 6.71. The Morgan fingerprint density at radius 3 is 2.26 bits per heavy atom. The quantitative estimate of drug-likeness (QED) is 0.390. The zero-order valence-electron chi connectivity index (χ0n) is 18.5. The average Bonchev–Trinajstić information content (AvgIpc) is 3.37. The molecule has 4 atom stereocenters. The average molecular weight is 432 g/mol. The Morgan fingerprint density at radius 1 is 0.935 bits per heavy atom. The van der Waals surface area contributed by atoms with E-state index in [1.165, 1.54) is 19.3 Å². The van der Waals surface area contributed by atoms with Gasteiger partial charge in [0.05, 0.1) is 18.8 Å². The van der Waals surface area contributed by atoms with Gasteiger partial charge in [0, 0.05) is 13.0 Å². The van der Waals surface area contributed by atoms with E-state index >= 15 is 0 Å². The second-order valence-corrected chi connectivity index (χ2v) is 8.94. The van der Waals surface area contributed by atoms with Crippen LogP contribution in [0.15, 0.2) is 30.3 Å². The molecule has 1 amide bonds. The van der Waals surface area contributed by atoms with Gasteiger partial charge in [-0.3, -0.25) is 4.79 Å².